The Morgan fingerprint density at radius 2 is 1.39 bits per heavy atom. The van der Waals surface area contributed by atoms with Gasteiger partial charge in [-0.3, -0.25) is 9.59 Å². The van der Waals surface area contributed by atoms with Crippen molar-refractivity contribution in [1.82, 2.24) is 0 Å². The van der Waals surface area contributed by atoms with Crippen LogP contribution in [0.5, 0.6) is 0 Å². The number of aliphatic hydroxyl groups excluding tert-OH is 2. The highest BCUT2D eigenvalue weighted by Gasteiger charge is 2.14. The summed E-state index contributed by atoms with van der Waals surface area (Å²) in [6.07, 6.45) is 27.7. The molecule has 0 saturated carbocycles. The maximum Gasteiger partial charge on any atom is 0.306 e. The first-order chi connectivity index (χ1) is 16.0. The zero-order chi connectivity index (χ0) is 24.6. The molecule has 184 valence electrons. The number of esters is 2. The van der Waals surface area contributed by atoms with E-state index in [4.69, 9.17) is 14.6 Å². The van der Waals surface area contributed by atoms with Crippen LogP contribution >= 0.6 is 0 Å². The van der Waals surface area contributed by atoms with Gasteiger partial charge in [0.2, 0.25) is 0 Å². The van der Waals surface area contributed by atoms with Crippen LogP contribution in [0.3, 0.4) is 0 Å². The van der Waals surface area contributed by atoms with Crippen molar-refractivity contribution >= 4 is 11.9 Å². The molecular formula is C27H40O6. The average Bonchev–Trinajstić information content (AvgIpc) is 2.79. The summed E-state index contributed by atoms with van der Waals surface area (Å²) < 4.78 is 9.71. The van der Waals surface area contributed by atoms with Crippen molar-refractivity contribution in [3.05, 3.63) is 72.9 Å². The van der Waals surface area contributed by atoms with E-state index in [0.717, 1.165) is 32.1 Å². The molecule has 2 atom stereocenters. The number of rotatable bonds is 18. The molecule has 0 heterocycles. The van der Waals surface area contributed by atoms with E-state index < -0.39 is 30.8 Å². The van der Waals surface area contributed by atoms with Crippen LogP contribution in [0.25, 0.3) is 0 Å². The van der Waals surface area contributed by atoms with E-state index in [1.807, 2.05) is 12.2 Å². The molecule has 0 amide bonds. The van der Waals surface area contributed by atoms with Gasteiger partial charge in [-0.15, -0.1) is 0 Å². The van der Waals surface area contributed by atoms with Crippen LogP contribution < -0.4 is 0 Å². The fourth-order valence-corrected chi connectivity index (χ4v) is 2.48. The quantitative estimate of drug-likeness (QED) is 0.172. The molecule has 0 aromatic carbocycles. The molecule has 0 aliphatic carbocycles. The lowest BCUT2D eigenvalue weighted by Gasteiger charge is -2.14. The number of ether oxygens (including phenoxy) is 2. The second-order valence-corrected chi connectivity index (χ2v) is 7.25. The molecule has 0 radical (unpaired) electrons. The first kappa shape index (κ1) is 30.3. The van der Waals surface area contributed by atoms with E-state index in [0.29, 0.717) is 0 Å². The van der Waals surface area contributed by atoms with E-state index in [1.54, 1.807) is 12.2 Å². The fourth-order valence-electron chi connectivity index (χ4n) is 2.48. The van der Waals surface area contributed by atoms with Crippen molar-refractivity contribution in [2.75, 3.05) is 13.2 Å². The van der Waals surface area contributed by atoms with Crippen molar-refractivity contribution in [3.8, 4) is 0 Å². The van der Waals surface area contributed by atoms with Crippen LogP contribution in [-0.4, -0.2) is 47.6 Å². The molecular weight excluding hydrogens is 420 g/mol. The number of carbonyl (C=O) groups is 2. The topological polar surface area (TPSA) is 93.1 Å². The van der Waals surface area contributed by atoms with E-state index >= 15 is 0 Å². The summed E-state index contributed by atoms with van der Waals surface area (Å²) >= 11 is 0. The third-order valence-electron chi connectivity index (χ3n) is 4.18. The maximum atomic E-state index is 11.7. The lowest BCUT2D eigenvalue weighted by Crippen LogP contribution is -2.27. The standard InChI is InChI=1S/C27H40O6/c1-3-4-5-6-7-8-9-10-11-12-13-14-15-16-17-18-19-25(30)20-21-27(31)32-23-26(22-28)33-24(2)29/h4-5,7-8,10-11,13-14,16-19,25-26,28,30H,3,6,9,12,15,20-23H2,1-2H3/b5-4-,8-7-,11-10-,14-13-,17-16-,19-18-/t25?,26-/m0/s1. The van der Waals surface area contributed by atoms with Crippen LogP contribution in [0.4, 0.5) is 0 Å². The number of aliphatic hydroxyl groups is 2. The Hall–Kier alpha value is -2.70. The van der Waals surface area contributed by atoms with Crippen LogP contribution in [0, 0.1) is 0 Å². The predicted molar refractivity (Wildman–Crippen MR) is 132 cm³/mol. The SMILES string of the molecule is CC/C=C\C/C=C\C/C=C\C/C=C\C/C=C\C=C/C(O)CCC(=O)OC[C@H](CO)OC(C)=O. The van der Waals surface area contributed by atoms with Gasteiger partial charge in [0.05, 0.1) is 12.7 Å². The molecule has 0 rings (SSSR count). The van der Waals surface area contributed by atoms with Crippen LogP contribution in [0.15, 0.2) is 72.9 Å². The Kier molecular flexibility index (Phi) is 20.7. The van der Waals surface area contributed by atoms with Gasteiger partial charge < -0.3 is 19.7 Å². The molecule has 0 bridgehead atoms. The Morgan fingerprint density at radius 1 is 0.848 bits per heavy atom. The van der Waals surface area contributed by atoms with Gasteiger partial charge in [-0.1, -0.05) is 79.8 Å². The van der Waals surface area contributed by atoms with Crippen LogP contribution in [0.1, 0.15) is 58.8 Å². The minimum atomic E-state index is -0.869. The van der Waals surface area contributed by atoms with Crippen molar-refractivity contribution in [1.29, 1.82) is 0 Å². The molecule has 6 heteroatoms. The Labute approximate surface area is 198 Å². The molecule has 2 N–H and O–H groups in total. The number of hydrogen-bond donors (Lipinski definition) is 2. The summed E-state index contributed by atoms with van der Waals surface area (Å²) in [6, 6.07) is 0. The highest BCUT2D eigenvalue weighted by Crippen LogP contribution is 2.03. The monoisotopic (exact) mass is 460 g/mol. The summed E-state index contributed by atoms with van der Waals surface area (Å²) in [6.45, 7) is 2.71. The van der Waals surface area contributed by atoms with Crippen molar-refractivity contribution in [2.24, 2.45) is 0 Å². The fraction of sp³-hybridized carbons (Fsp3) is 0.481. The number of carbonyl (C=O) groups excluding carboxylic acids is 2. The molecule has 6 nitrogen and oxygen atoms in total. The number of allylic oxidation sites excluding steroid dienone is 11. The number of hydrogen-bond acceptors (Lipinski definition) is 6. The van der Waals surface area contributed by atoms with E-state index in [1.165, 1.54) is 6.92 Å². The van der Waals surface area contributed by atoms with E-state index in [9.17, 15) is 14.7 Å². The predicted octanol–water partition coefficient (Wildman–Crippen LogP) is 4.90. The first-order valence-corrected chi connectivity index (χ1v) is 11.5. The summed E-state index contributed by atoms with van der Waals surface area (Å²) in [5.74, 6) is -1.08. The smallest absolute Gasteiger partial charge is 0.306 e. The zero-order valence-corrected chi connectivity index (χ0v) is 20.0. The third-order valence-corrected chi connectivity index (χ3v) is 4.18. The lowest BCUT2D eigenvalue weighted by atomic mass is 10.2. The Bertz CT molecular complexity index is 685. The summed E-state index contributed by atoms with van der Waals surface area (Å²) in [4.78, 5) is 22.5. The highest BCUT2D eigenvalue weighted by atomic mass is 16.6. The molecule has 0 spiro atoms. The van der Waals surface area contributed by atoms with Crippen LogP contribution in [0.2, 0.25) is 0 Å². The second-order valence-electron chi connectivity index (χ2n) is 7.25. The molecule has 0 saturated heterocycles. The molecule has 0 aromatic rings. The summed E-state index contributed by atoms with van der Waals surface area (Å²) in [5, 5.41) is 18.9. The van der Waals surface area contributed by atoms with E-state index in [2.05, 4.69) is 55.5 Å². The average molecular weight is 461 g/mol. The highest BCUT2D eigenvalue weighted by molar-refractivity contribution is 5.69. The minimum absolute atomic E-state index is 0.0232. The van der Waals surface area contributed by atoms with Gasteiger partial charge in [0.15, 0.2) is 6.10 Å². The van der Waals surface area contributed by atoms with Gasteiger partial charge in [-0.25, -0.2) is 0 Å². The Balaban J connectivity index is 3.86. The lowest BCUT2D eigenvalue weighted by molar-refractivity contribution is -0.159. The maximum absolute atomic E-state index is 11.7. The Morgan fingerprint density at radius 3 is 1.91 bits per heavy atom. The summed E-state index contributed by atoms with van der Waals surface area (Å²) in [7, 11) is 0. The third kappa shape index (κ3) is 22.3. The van der Waals surface area contributed by atoms with Gasteiger partial charge in [0, 0.05) is 13.3 Å². The van der Waals surface area contributed by atoms with Crippen molar-refractivity contribution in [2.45, 2.75) is 71.0 Å². The largest absolute Gasteiger partial charge is 0.462 e. The summed E-state index contributed by atoms with van der Waals surface area (Å²) in [5.41, 5.74) is 0. The van der Waals surface area contributed by atoms with Crippen LogP contribution in [-0.2, 0) is 19.1 Å². The molecule has 0 fully saturated rings. The zero-order valence-electron chi connectivity index (χ0n) is 20.0. The van der Waals surface area contributed by atoms with Crippen molar-refractivity contribution < 1.29 is 29.3 Å². The molecule has 33 heavy (non-hydrogen) atoms. The second kappa shape index (κ2) is 22.5. The molecule has 0 aromatic heterocycles. The molecule has 0 aliphatic rings. The normalized spacial score (nSPS) is 14.4. The minimum Gasteiger partial charge on any atom is -0.462 e. The van der Waals surface area contributed by atoms with Gasteiger partial charge in [-0.2, -0.15) is 0 Å². The van der Waals surface area contributed by atoms with Gasteiger partial charge in [0.1, 0.15) is 6.61 Å². The first-order valence-electron chi connectivity index (χ1n) is 11.5. The molecule has 0 aliphatic heterocycles. The van der Waals surface area contributed by atoms with Crippen molar-refractivity contribution in [3.63, 3.8) is 0 Å². The van der Waals surface area contributed by atoms with E-state index in [-0.39, 0.29) is 19.4 Å². The van der Waals surface area contributed by atoms with Gasteiger partial charge in [0.25, 0.3) is 0 Å². The van der Waals surface area contributed by atoms with Gasteiger partial charge >= 0.3 is 11.9 Å². The molecule has 1 unspecified atom stereocenters. The van der Waals surface area contributed by atoms with Gasteiger partial charge in [-0.05, 0) is 38.5 Å².